The van der Waals surface area contributed by atoms with Gasteiger partial charge in [-0.3, -0.25) is 0 Å². The number of carbonyl (C=O) groups is 1. The molecule has 3 rings (SSSR count). The monoisotopic (exact) mass is 359 g/mol. The topological polar surface area (TPSA) is 86.5 Å². The average Bonchev–Trinajstić information content (AvgIpc) is 3.20. The van der Waals surface area contributed by atoms with Crippen LogP contribution in [0.4, 0.5) is 10.8 Å². The Hall–Kier alpha value is -2.87. The highest BCUT2D eigenvalue weighted by atomic mass is 32.1. The van der Waals surface area contributed by atoms with Crippen molar-refractivity contribution in [3.63, 3.8) is 0 Å². The predicted octanol–water partition coefficient (Wildman–Crippen LogP) is 3.86. The molecule has 1 aromatic carbocycles. The van der Waals surface area contributed by atoms with Crippen molar-refractivity contribution in [2.45, 2.75) is 20.5 Å². The molecule has 0 unspecified atom stereocenters. The summed E-state index contributed by atoms with van der Waals surface area (Å²) < 4.78 is 15.4. The molecule has 3 aromatic rings. The number of esters is 1. The van der Waals surface area contributed by atoms with Crippen LogP contribution in [0, 0.1) is 13.8 Å². The fourth-order valence-electron chi connectivity index (χ4n) is 2.21. The molecule has 0 aliphatic rings. The lowest BCUT2D eigenvalue weighted by Gasteiger charge is -2.04. The zero-order valence-corrected chi connectivity index (χ0v) is 14.8. The summed E-state index contributed by atoms with van der Waals surface area (Å²) in [6.07, 6.45) is 0. The van der Waals surface area contributed by atoms with E-state index >= 15 is 0 Å². The van der Waals surface area contributed by atoms with Gasteiger partial charge in [-0.1, -0.05) is 5.16 Å². The van der Waals surface area contributed by atoms with Crippen LogP contribution in [0.2, 0.25) is 0 Å². The zero-order valence-electron chi connectivity index (χ0n) is 14.0. The normalized spacial score (nSPS) is 10.5. The van der Waals surface area contributed by atoms with Crippen molar-refractivity contribution in [1.82, 2.24) is 10.1 Å². The second kappa shape index (κ2) is 7.35. The van der Waals surface area contributed by atoms with E-state index in [1.54, 1.807) is 21.0 Å². The number of hydrogen-bond acceptors (Lipinski definition) is 8. The van der Waals surface area contributed by atoms with Gasteiger partial charge in [0.2, 0.25) is 0 Å². The molecule has 0 radical (unpaired) electrons. The summed E-state index contributed by atoms with van der Waals surface area (Å²) in [5, 5.41) is 9.50. The van der Waals surface area contributed by atoms with E-state index in [2.05, 4.69) is 15.5 Å². The summed E-state index contributed by atoms with van der Waals surface area (Å²) in [7, 11) is 1.62. The van der Waals surface area contributed by atoms with E-state index in [-0.39, 0.29) is 6.61 Å². The quantitative estimate of drug-likeness (QED) is 0.669. The molecule has 1 N–H and O–H groups in total. The zero-order chi connectivity index (χ0) is 17.8. The number of benzene rings is 1. The minimum Gasteiger partial charge on any atom is -0.497 e. The van der Waals surface area contributed by atoms with Crippen LogP contribution in [0.1, 0.15) is 27.5 Å². The number of nitrogens with one attached hydrogen (secondary N) is 1. The second-order valence-electron chi connectivity index (χ2n) is 5.27. The van der Waals surface area contributed by atoms with Gasteiger partial charge in [-0.05, 0) is 38.1 Å². The molecule has 25 heavy (non-hydrogen) atoms. The SMILES string of the molecule is COc1ccc(Nc2nc(COC(=O)c3c(C)noc3C)cs2)cc1. The van der Waals surface area contributed by atoms with Gasteiger partial charge in [-0.2, -0.15) is 0 Å². The molecule has 0 fully saturated rings. The second-order valence-corrected chi connectivity index (χ2v) is 6.13. The van der Waals surface area contributed by atoms with Crippen molar-refractivity contribution in [2.75, 3.05) is 12.4 Å². The van der Waals surface area contributed by atoms with Crippen LogP contribution in [0.5, 0.6) is 5.75 Å². The predicted molar refractivity (Wildman–Crippen MR) is 93.5 cm³/mol. The molecule has 0 aliphatic heterocycles. The highest BCUT2D eigenvalue weighted by Gasteiger charge is 2.19. The molecular weight excluding hydrogens is 342 g/mol. The number of hydrogen-bond donors (Lipinski definition) is 1. The van der Waals surface area contributed by atoms with E-state index in [0.29, 0.717) is 27.8 Å². The summed E-state index contributed by atoms with van der Waals surface area (Å²) >= 11 is 1.43. The van der Waals surface area contributed by atoms with Crippen LogP contribution >= 0.6 is 11.3 Å². The summed E-state index contributed by atoms with van der Waals surface area (Å²) in [6, 6.07) is 7.53. The van der Waals surface area contributed by atoms with Crippen LogP contribution in [0.3, 0.4) is 0 Å². The van der Waals surface area contributed by atoms with Gasteiger partial charge in [0, 0.05) is 11.1 Å². The maximum absolute atomic E-state index is 12.1. The van der Waals surface area contributed by atoms with Gasteiger partial charge in [0.25, 0.3) is 0 Å². The third kappa shape index (κ3) is 3.97. The van der Waals surface area contributed by atoms with Gasteiger partial charge in [-0.15, -0.1) is 11.3 Å². The smallest absolute Gasteiger partial charge is 0.344 e. The Morgan fingerprint density at radius 1 is 1.28 bits per heavy atom. The Kier molecular flexibility index (Phi) is 4.99. The number of thiazole rings is 1. The highest BCUT2D eigenvalue weighted by Crippen LogP contribution is 2.23. The summed E-state index contributed by atoms with van der Waals surface area (Å²) in [5.74, 6) is 0.771. The number of methoxy groups -OCH3 is 1. The molecule has 0 aliphatic carbocycles. The van der Waals surface area contributed by atoms with Crippen LogP contribution in [-0.4, -0.2) is 23.2 Å². The van der Waals surface area contributed by atoms with Gasteiger partial charge >= 0.3 is 5.97 Å². The lowest BCUT2D eigenvalue weighted by Crippen LogP contribution is -2.07. The minimum absolute atomic E-state index is 0.0870. The van der Waals surface area contributed by atoms with E-state index in [1.165, 1.54) is 11.3 Å². The van der Waals surface area contributed by atoms with E-state index in [1.807, 2.05) is 29.6 Å². The number of carbonyl (C=O) groups excluding carboxylic acids is 1. The van der Waals surface area contributed by atoms with Gasteiger partial charge in [0.15, 0.2) is 5.13 Å². The van der Waals surface area contributed by atoms with Crippen molar-refractivity contribution >= 4 is 28.1 Å². The highest BCUT2D eigenvalue weighted by molar-refractivity contribution is 7.13. The Bertz CT molecular complexity index is 851. The number of nitrogens with zero attached hydrogens (tertiary/aromatic N) is 2. The Morgan fingerprint density at radius 2 is 2.04 bits per heavy atom. The Balaban J connectivity index is 1.59. The molecule has 0 amide bonds. The van der Waals surface area contributed by atoms with Crippen molar-refractivity contribution in [2.24, 2.45) is 0 Å². The molecule has 0 spiro atoms. The first-order valence-electron chi connectivity index (χ1n) is 7.52. The largest absolute Gasteiger partial charge is 0.497 e. The standard InChI is InChI=1S/C17H17N3O4S/c1-10-15(11(2)24-20-10)16(21)23-8-13-9-25-17(19-13)18-12-4-6-14(22-3)7-5-12/h4-7,9H,8H2,1-3H3,(H,18,19). The van der Waals surface area contributed by atoms with Crippen LogP contribution in [0.25, 0.3) is 0 Å². The maximum atomic E-state index is 12.1. The Morgan fingerprint density at radius 3 is 2.68 bits per heavy atom. The Labute approximate surface area is 148 Å². The minimum atomic E-state index is -0.464. The summed E-state index contributed by atoms with van der Waals surface area (Å²) in [5.41, 5.74) is 2.45. The van der Waals surface area contributed by atoms with E-state index in [9.17, 15) is 4.79 Å². The fourth-order valence-corrected chi connectivity index (χ4v) is 2.93. The molecule has 0 bridgehead atoms. The van der Waals surface area contributed by atoms with Crippen LogP contribution in [-0.2, 0) is 11.3 Å². The maximum Gasteiger partial charge on any atom is 0.344 e. The van der Waals surface area contributed by atoms with Gasteiger partial charge in [0.1, 0.15) is 23.7 Å². The van der Waals surface area contributed by atoms with E-state index in [0.717, 1.165) is 11.4 Å². The number of anilines is 2. The molecule has 2 aromatic heterocycles. The van der Waals surface area contributed by atoms with Gasteiger partial charge < -0.3 is 19.3 Å². The lowest BCUT2D eigenvalue weighted by molar-refractivity contribution is 0.0466. The van der Waals surface area contributed by atoms with Gasteiger partial charge in [-0.25, -0.2) is 9.78 Å². The van der Waals surface area contributed by atoms with Crippen molar-refractivity contribution in [3.05, 3.63) is 52.4 Å². The molecule has 7 nitrogen and oxygen atoms in total. The number of ether oxygens (including phenoxy) is 2. The molecule has 0 saturated carbocycles. The molecular formula is C17H17N3O4S. The molecule has 2 heterocycles. The van der Waals surface area contributed by atoms with Crippen molar-refractivity contribution in [3.8, 4) is 5.75 Å². The van der Waals surface area contributed by atoms with Gasteiger partial charge in [0.05, 0.1) is 18.5 Å². The summed E-state index contributed by atoms with van der Waals surface area (Å²) in [6.45, 7) is 3.47. The van der Waals surface area contributed by atoms with Crippen LogP contribution in [0.15, 0.2) is 34.2 Å². The molecule has 0 saturated heterocycles. The van der Waals surface area contributed by atoms with Crippen molar-refractivity contribution < 1.29 is 18.8 Å². The average molecular weight is 359 g/mol. The van der Waals surface area contributed by atoms with E-state index < -0.39 is 5.97 Å². The third-order valence-corrected chi connectivity index (χ3v) is 4.29. The fraction of sp³-hybridized carbons (Fsp3) is 0.235. The molecule has 130 valence electrons. The molecule has 8 heteroatoms. The number of aryl methyl sites for hydroxylation is 2. The first-order valence-corrected chi connectivity index (χ1v) is 8.40. The number of aromatic nitrogens is 2. The first-order chi connectivity index (χ1) is 12.1. The molecule has 0 atom stereocenters. The lowest BCUT2D eigenvalue weighted by atomic mass is 10.2. The van der Waals surface area contributed by atoms with Crippen molar-refractivity contribution in [1.29, 1.82) is 0 Å². The van der Waals surface area contributed by atoms with Crippen LogP contribution < -0.4 is 10.1 Å². The van der Waals surface area contributed by atoms with E-state index in [4.69, 9.17) is 14.0 Å². The third-order valence-electron chi connectivity index (χ3n) is 3.48. The number of rotatable bonds is 6. The first kappa shape index (κ1) is 17.0. The summed E-state index contributed by atoms with van der Waals surface area (Å²) in [4.78, 5) is 16.5.